The van der Waals surface area contributed by atoms with Crippen molar-refractivity contribution in [3.8, 4) is 0 Å². The van der Waals surface area contributed by atoms with Crippen molar-refractivity contribution in [2.24, 2.45) is 23.2 Å². The van der Waals surface area contributed by atoms with Gasteiger partial charge in [0.1, 0.15) is 11.6 Å². The number of aromatic nitrogens is 1. The van der Waals surface area contributed by atoms with Crippen LogP contribution in [0.5, 0.6) is 0 Å². The standard InChI is InChI=1S/C30H35FN4O/c31-24-6-4-20(5-7-24)19-32-10-11-33-28-9-8-25-26(34-28)2-1-3-27(25)35-29(36)18-30-15-21-12-22(16-30)14-23(13-21)17-30/h1-9,21-23,32H,10-19H2,(H,33,34)(H,35,36). The van der Waals surface area contributed by atoms with Crippen molar-refractivity contribution in [1.82, 2.24) is 10.3 Å². The van der Waals surface area contributed by atoms with Crippen LogP contribution < -0.4 is 16.0 Å². The zero-order valence-corrected chi connectivity index (χ0v) is 20.7. The van der Waals surface area contributed by atoms with E-state index < -0.39 is 0 Å². The molecule has 4 aliphatic rings. The molecule has 5 nitrogen and oxygen atoms in total. The fourth-order valence-electron chi connectivity index (χ4n) is 7.52. The average Bonchev–Trinajstić information content (AvgIpc) is 2.84. The Morgan fingerprint density at radius 3 is 2.36 bits per heavy atom. The van der Waals surface area contributed by atoms with Gasteiger partial charge in [0.2, 0.25) is 5.91 Å². The molecular formula is C30H35FN4O. The molecule has 4 saturated carbocycles. The summed E-state index contributed by atoms with van der Waals surface area (Å²) in [4.78, 5) is 17.9. The van der Waals surface area contributed by atoms with Crippen molar-refractivity contribution in [2.45, 2.75) is 51.5 Å². The van der Waals surface area contributed by atoms with E-state index in [1.54, 1.807) is 12.1 Å². The zero-order valence-electron chi connectivity index (χ0n) is 20.7. The lowest BCUT2D eigenvalue weighted by Crippen LogP contribution is -2.47. The quantitative estimate of drug-likeness (QED) is 0.319. The van der Waals surface area contributed by atoms with E-state index in [0.29, 0.717) is 13.0 Å². The van der Waals surface area contributed by atoms with Gasteiger partial charge in [0, 0.05) is 31.4 Å². The predicted octanol–water partition coefficient (Wildman–Crippen LogP) is 6.12. The molecule has 188 valence electrons. The van der Waals surface area contributed by atoms with Crippen LogP contribution in [0.15, 0.2) is 54.6 Å². The van der Waals surface area contributed by atoms with Crippen molar-refractivity contribution < 1.29 is 9.18 Å². The first-order chi connectivity index (χ1) is 17.5. The fourth-order valence-corrected chi connectivity index (χ4v) is 7.52. The first kappa shape index (κ1) is 23.4. The molecule has 4 bridgehead atoms. The molecule has 7 rings (SSSR count). The maximum absolute atomic E-state index is 13.2. The van der Waals surface area contributed by atoms with Crippen LogP contribution >= 0.6 is 0 Å². The molecule has 1 aromatic heterocycles. The molecule has 1 amide bonds. The number of carbonyl (C=O) groups excluding carboxylic acids is 1. The molecule has 0 aliphatic heterocycles. The van der Waals surface area contributed by atoms with Gasteiger partial charge in [0.15, 0.2) is 0 Å². The van der Waals surface area contributed by atoms with Crippen LogP contribution in [0.4, 0.5) is 15.9 Å². The lowest BCUT2D eigenvalue weighted by Gasteiger charge is -2.56. The summed E-state index contributed by atoms with van der Waals surface area (Å²) in [6, 6.07) is 16.5. The molecule has 0 spiro atoms. The number of hydrogen-bond acceptors (Lipinski definition) is 4. The number of benzene rings is 2. The van der Waals surface area contributed by atoms with E-state index in [9.17, 15) is 9.18 Å². The lowest BCUT2D eigenvalue weighted by molar-refractivity contribution is -0.124. The minimum atomic E-state index is -0.215. The van der Waals surface area contributed by atoms with Gasteiger partial charge in [0.05, 0.1) is 11.2 Å². The average molecular weight is 487 g/mol. The number of carbonyl (C=O) groups is 1. The Bertz CT molecular complexity index is 1210. The van der Waals surface area contributed by atoms with Crippen LogP contribution in [0.3, 0.4) is 0 Å². The number of halogens is 1. The molecule has 36 heavy (non-hydrogen) atoms. The van der Waals surface area contributed by atoms with Gasteiger partial charge in [-0.1, -0.05) is 18.2 Å². The Morgan fingerprint density at radius 2 is 1.64 bits per heavy atom. The van der Waals surface area contributed by atoms with Crippen molar-refractivity contribution in [3.05, 3.63) is 66.0 Å². The smallest absolute Gasteiger partial charge is 0.224 e. The molecule has 0 atom stereocenters. The number of nitrogens with zero attached hydrogens (tertiary/aromatic N) is 1. The first-order valence-electron chi connectivity index (χ1n) is 13.4. The van der Waals surface area contributed by atoms with Crippen LogP contribution in [0.25, 0.3) is 10.9 Å². The molecule has 0 saturated heterocycles. The van der Waals surface area contributed by atoms with Gasteiger partial charge in [-0.3, -0.25) is 4.79 Å². The summed E-state index contributed by atoms with van der Waals surface area (Å²) < 4.78 is 13.0. The van der Waals surface area contributed by atoms with E-state index in [2.05, 4.69) is 16.0 Å². The van der Waals surface area contributed by atoms with E-state index in [1.807, 2.05) is 30.3 Å². The molecule has 1 heterocycles. The van der Waals surface area contributed by atoms with Crippen molar-refractivity contribution in [3.63, 3.8) is 0 Å². The van der Waals surface area contributed by atoms with E-state index in [4.69, 9.17) is 4.98 Å². The third-order valence-corrected chi connectivity index (χ3v) is 8.56. The highest BCUT2D eigenvalue weighted by molar-refractivity contribution is 6.01. The molecule has 6 heteroatoms. The fraction of sp³-hybridized carbons (Fsp3) is 0.467. The van der Waals surface area contributed by atoms with E-state index in [0.717, 1.165) is 58.8 Å². The highest BCUT2D eigenvalue weighted by Gasteiger charge is 2.51. The van der Waals surface area contributed by atoms with E-state index in [1.165, 1.54) is 50.7 Å². The van der Waals surface area contributed by atoms with Crippen molar-refractivity contribution in [1.29, 1.82) is 0 Å². The molecule has 4 aliphatic carbocycles. The topological polar surface area (TPSA) is 66.0 Å². The maximum Gasteiger partial charge on any atom is 0.224 e. The number of pyridine rings is 1. The summed E-state index contributed by atoms with van der Waals surface area (Å²) in [5.74, 6) is 3.31. The summed E-state index contributed by atoms with van der Waals surface area (Å²) in [6.07, 6.45) is 8.60. The number of fused-ring (bicyclic) bond motifs is 1. The number of amides is 1. The van der Waals surface area contributed by atoms with Crippen molar-refractivity contribution in [2.75, 3.05) is 23.7 Å². The van der Waals surface area contributed by atoms with Gasteiger partial charge in [-0.05, 0) is 104 Å². The Kier molecular flexibility index (Phi) is 6.38. The summed E-state index contributed by atoms with van der Waals surface area (Å²) in [6.45, 7) is 2.18. The van der Waals surface area contributed by atoms with Gasteiger partial charge < -0.3 is 16.0 Å². The Morgan fingerprint density at radius 1 is 0.917 bits per heavy atom. The highest BCUT2D eigenvalue weighted by Crippen LogP contribution is 2.61. The Hall–Kier alpha value is -2.99. The Balaban J connectivity index is 1.04. The van der Waals surface area contributed by atoms with Crippen LogP contribution in [0, 0.1) is 29.0 Å². The van der Waals surface area contributed by atoms with Crippen LogP contribution in [0.1, 0.15) is 50.5 Å². The second kappa shape index (κ2) is 9.81. The minimum Gasteiger partial charge on any atom is -0.369 e. The highest BCUT2D eigenvalue weighted by atomic mass is 19.1. The largest absolute Gasteiger partial charge is 0.369 e. The first-order valence-corrected chi connectivity index (χ1v) is 13.4. The molecule has 4 fully saturated rings. The van der Waals surface area contributed by atoms with E-state index in [-0.39, 0.29) is 17.1 Å². The van der Waals surface area contributed by atoms with Gasteiger partial charge >= 0.3 is 0 Å². The lowest BCUT2D eigenvalue weighted by atomic mass is 9.49. The van der Waals surface area contributed by atoms with Crippen LogP contribution in [0.2, 0.25) is 0 Å². The number of nitrogens with one attached hydrogen (secondary N) is 3. The van der Waals surface area contributed by atoms with Crippen LogP contribution in [-0.4, -0.2) is 24.0 Å². The molecule has 0 radical (unpaired) electrons. The van der Waals surface area contributed by atoms with Crippen molar-refractivity contribution >= 4 is 28.3 Å². The summed E-state index contributed by atoms with van der Waals surface area (Å²) in [5, 5.41) is 10.9. The number of rotatable bonds is 9. The maximum atomic E-state index is 13.2. The molecule has 2 aromatic carbocycles. The Labute approximate surface area is 212 Å². The van der Waals surface area contributed by atoms with E-state index >= 15 is 0 Å². The van der Waals surface area contributed by atoms with Gasteiger partial charge in [-0.15, -0.1) is 0 Å². The molecule has 0 unspecified atom stereocenters. The van der Waals surface area contributed by atoms with Gasteiger partial charge in [-0.25, -0.2) is 9.37 Å². The third-order valence-electron chi connectivity index (χ3n) is 8.56. The SMILES string of the molecule is O=C(CC12CC3CC(CC(C3)C1)C2)Nc1cccc2nc(NCCNCc3ccc(F)cc3)ccc12. The summed E-state index contributed by atoms with van der Waals surface area (Å²) in [7, 11) is 0. The van der Waals surface area contributed by atoms with Gasteiger partial charge in [-0.2, -0.15) is 0 Å². The summed E-state index contributed by atoms with van der Waals surface area (Å²) >= 11 is 0. The number of anilines is 2. The summed E-state index contributed by atoms with van der Waals surface area (Å²) in [5.41, 5.74) is 3.01. The monoisotopic (exact) mass is 486 g/mol. The minimum absolute atomic E-state index is 0.152. The second-order valence-corrected chi connectivity index (χ2v) is 11.4. The molecular weight excluding hydrogens is 451 g/mol. The zero-order chi connectivity index (χ0) is 24.5. The predicted molar refractivity (Wildman–Crippen MR) is 142 cm³/mol. The third kappa shape index (κ3) is 5.10. The number of hydrogen-bond donors (Lipinski definition) is 3. The van der Waals surface area contributed by atoms with Crippen LogP contribution in [-0.2, 0) is 11.3 Å². The molecule has 3 N–H and O–H groups in total. The second-order valence-electron chi connectivity index (χ2n) is 11.4. The molecule has 3 aromatic rings. The van der Waals surface area contributed by atoms with Gasteiger partial charge in [0.25, 0.3) is 0 Å². The normalized spacial score (nSPS) is 26.3.